The van der Waals surface area contributed by atoms with E-state index in [1.54, 1.807) is 24.3 Å². The fourth-order valence-corrected chi connectivity index (χ4v) is 2.47. The van der Waals surface area contributed by atoms with Crippen molar-refractivity contribution < 1.29 is 14.3 Å². The van der Waals surface area contributed by atoms with Gasteiger partial charge < -0.3 is 15.2 Å². The molecule has 0 saturated heterocycles. The van der Waals surface area contributed by atoms with Crippen molar-refractivity contribution >= 4 is 11.7 Å². The molecule has 1 unspecified atom stereocenters. The zero-order chi connectivity index (χ0) is 18.2. The third-order valence-corrected chi connectivity index (χ3v) is 3.91. The number of methoxy groups -OCH3 is 1. The lowest BCUT2D eigenvalue weighted by Crippen LogP contribution is -2.28. The summed E-state index contributed by atoms with van der Waals surface area (Å²) in [6.07, 6.45) is 1.75. The van der Waals surface area contributed by atoms with Crippen molar-refractivity contribution in [2.24, 2.45) is 0 Å². The largest absolute Gasteiger partial charge is 0.477 e. The van der Waals surface area contributed by atoms with Gasteiger partial charge >= 0.3 is 5.97 Å². The highest BCUT2D eigenvalue weighted by Gasteiger charge is 2.21. The molecule has 0 saturated carbocycles. The van der Waals surface area contributed by atoms with Gasteiger partial charge in [-0.05, 0) is 48.2 Å². The summed E-state index contributed by atoms with van der Waals surface area (Å²) in [6.45, 7) is 2.05. The molecular formula is C20H22N2O3. The minimum atomic E-state index is -0.659. The molecule has 0 aliphatic heterocycles. The van der Waals surface area contributed by atoms with Crippen LogP contribution in [0, 0.1) is 11.3 Å². The van der Waals surface area contributed by atoms with Gasteiger partial charge in [-0.25, -0.2) is 4.79 Å². The monoisotopic (exact) mass is 338 g/mol. The van der Waals surface area contributed by atoms with Gasteiger partial charge in [-0.3, -0.25) is 0 Å². The lowest BCUT2D eigenvalue weighted by molar-refractivity contribution is -0.149. The Labute approximate surface area is 148 Å². The Kier molecular flexibility index (Phi) is 6.41. The van der Waals surface area contributed by atoms with Crippen molar-refractivity contribution in [3.63, 3.8) is 0 Å². The van der Waals surface area contributed by atoms with Crippen LogP contribution in [0.1, 0.15) is 31.7 Å². The Morgan fingerprint density at radius 3 is 2.44 bits per heavy atom. The molecule has 0 heterocycles. The number of anilines is 1. The number of nitrogens with zero attached hydrogens (tertiary/aromatic N) is 1. The molecule has 0 amide bonds. The van der Waals surface area contributed by atoms with Crippen molar-refractivity contribution in [2.45, 2.75) is 32.3 Å². The van der Waals surface area contributed by atoms with Crippen molar-refractivity contribution in [3.05, 3.63) is 48.0 Å². The number of rotatable bonds is 7. The predicted molar refractivity (Wildman–Crippen MR) is 97.0 cm³/mol. The maximum absolute atomic E-state index is 11.9. The molecular weight excluding hydrogens is 316 g/mol. The molecule has 0 aromatic heterocycles. The van der Waals surface area contributed by atoms with Crippen LogP contribution in [-0.4, -0.2) is 19.2 Å². The van der Waals surface area contributed by atoms with Crippen molar-refractivity contribution in [2.75, 3.05) is 12.8 Å². The average molecular weight is 338 g/mol. The van der Waals surface area contributed by atoms with Gasteiger partial charge in [-0.15, -0.1) is 0 Å². The number of carbonyl (C=O) groups excluding carboxylic acids is 1. The second-order valence-electron chi connectivity index (χ2n) is 5.71. The molecule has 2 N–H and O–H groups in total. The second kappa shape index (κ2) is 8.74. The van der Waals surface area contributed by atoms with Crippen molar-refractivity contribution in [1.82, 2.24) is 0 Å². The number of nitrogen functional groups attached to an aromatic ring is 1. The SMILES string of the molecule is CCCCC(Oc1ccc(-c2ccc(C#N)cc2)cc1N)C(=O)OC. The first kappa shape index (κ1) is 18.3. The number of carbonyl (C=O) groups is 1. The van der Waals surface area contributed by atoms with E-state index in [4.69, 9.17) is 20.5 Å². The van der Waals surface area contributed by atoms with E-state index < -0.39 is 12.1 Å². The number of nitriles is 1. The zero-order valence-corrected chi connectivity index (χ0v) is 14.5. The van der Waals surface area contributed by atoms with Gasteiger partial charge in [0.05, 0.1) is 24.4 Å². The maximum atomic E-state index is 11.9. The molecule has 0 spiro atoms. The van der Waals surface area contributed by atoms with Crippen LogP contribution in [0.15, 0.2) is 42.5 Å². The average Bonchev–Trinajstić information content (AvgIpc) is 2.65. The Morgan fingerprint density at radius 2 is 1.88 bits per heavy atom. The summed E-state index contributed by atoms with van der Waals surface area (Å²) in [5.74, 6) is 0.0629. The Morgan fingerprint density at radius 1 is 1.20 bits per heavy atom. The van der Waals surface area contributed by atoms with Gasteiger partial charge in [-0.1, -0.05) is 31.5 Å². The molecule has 0 bridgehead atoms. The summed E-state index contributed by atoms with van der Waals surface area (Å²) in [7, 11) is 1.35. The fraction of sp³-hybridized carbons (Fsp3) is 0.300. The molecule has 0 radical (unpaired) electrons. The Balaban J connectivity index is 2.19. The minimum absolute atomic E-state index is 0.399. The second-order valence-corrected chi connectivity index (χ2v) is 5.71. The predicted octanol–water partition coefficient (Wildman–Crippen LogP) is 3.92. The number of hydrogen-bond acceptors (Lipinski definition) is 5. The molecule has 0 aliphatic carbocycles. The van der Waals surface area contributed by atoms with Crippen LogP contribution in [0.3, 0.4) is 0 Å². The number of nitrogens with two attached hydrogens (primary N) is 1. The minimum Gasteiger partial charge on any atom is -0.477 e. The van der Waals surface area contributed by atoms with Crippen LogP contribution in [-0.2, 0) is 9.53 Å². The number of benzene rings is 2. The highest BCUT2D eigenvalue weighted by Crippen LogP contribution is 2.30. The molecule has 2 aromatic carbocycles. The third-order valence-electron chi connectivity index (χ3n) is 3.91. The van der Waals surface area contributed by atoms with E-state index in [9.17, 15) is 4.79 Å². The molecule has 0 aliphatic rings. The maximum Gasteiger partial charge on any atom is 0.347 e. The van der Waals surface area contributed by atoms with E-state index in [2.05, 4.69) is 13.0 Å². The summed E-state index contributed by atoms with van der Waals surface area (Å²) < 4.78 is 10.6. The van der Waals surface area contributed by atoms with Crippen LogP contribution < -0.4 is 10.5 Å². The third kappa shape index (κ3) is 4.74. The Hall–Kier alpha value is -3.00. The fourth-order valence-electron chi connectivity index (χ4n) is 2.47. The zero-order valence-electron chi connectivity index (χ0n) is 14.5. The van der Waals surface area contributed by atoms with E-state index in [0.717, 1.165) is 24.0 Å². The van der Waals surface area contributed by atoms with Gasteiger partial charge in [0.1, 0.15) is 5.75 Å². The quantitative estimate of drug-likeness (QED) is 0.611. The van der Waals surface area contributed by atoms with Crippen LogP contribution >= 0.6 is 0 Å². The van der Waals surface area contributed by atoms with Crippen LogP contribution in [0.4, 0.5) is 5.69 Å². The van der Waals surface area contributed by atoms with Crippen molar-refractivity contribution in [1.29, 1.82) is 5.26 Å². The summed E-state index contributed by atoms with van der Waals surface area (Å²) in [5.41, 5.74) is 9.03. The normalized spacial score (nSPS) is 11.4. The van der Waals surface area contributed by atoms with Gasteiger partial charge in [0.15, 0.2) is 6.10 Å². The highest BCUT2D eigenvalue weighted by molar-refractivity contribution is 5.76. The highest BCUT2D eigenvalue weighted by atomic mass is 16.6. The number of unbranched alkanes of at least 4 members (excludes halogenated alkanes) is 1. The molecule has 5 heteroatoms. The molecule has 5 nitrogen and oxygen atoms in total. The van der Waals surface area contributed by atoms with Gasteiger partial charge in [0, 0.05) is 0 Å². The molecule has 2 rings (SSSR count). The van der Waals surface area contributed by atoms with E-state index in [1.807, 2.05) is 18.2 Å². The molecule has 130 valence electrons. The summed E-state index contributed by atoms with van der Waals surface area (Å²) in [6, 6.07) is 14.8. The topological polar surface area (TPSA) is 85.3 Å². The lowest BCUT2D eigenvalue weighted by Gasteiger charge is -2.18. The van der Waals surface area contributed by atoms with Gasteiger partial charge in [0.2, 0.25) is 0 Å². The van der Waals surface area contributed by atoms with E-state index in [-0.39, 0.29) is 0 Å². The first-order chi connectivity index (χ1) is 12.1. The van der Waals surface area contributed by atoms with Crippen molar-refractivity contribution in [3.8, 4) is 22.9 Å². The first-order valence-electron chi connectivity index (χ1n) is 8.23. The van der Waals surface area contributed by atoms with E-state index in [1.165, 1.54) is 7.11 Å². The van der Waals surface area contributed by atoms with Gasteiger partial charge in [0.25, 0.3) is 0 Å². The number of ether oxygens (including phenoxy) is 2. The van der Waals surface area contributed by atoms with E-state index >= 15 is 0 Å². The summed E-state index contributed by atoms with van der Waals surface area (Å²) >= 11 is 0. The standard InChI is InChI=1S/C20H22N2O3/c1-3-4-5-19(20(23)24-2)25-18-11-10-16(12-17(18)22)15-8-6-14(13-21)7-9-15/h6-12,19H,3-5,22H2,1-2H3. The first-order valence-corrected chi connectivity index (χ1v) is 8.23. The lowest BCUT2D eigenvalue weighted by atomic mass is 10.0. The number of hydrogen-bond donors (Lipinski definition) is 1. The summed E-state index contributed by atoms with van der Waals surface area (Å²) in [4.78, 5) is 11.9. The smallest absolute Gasteiger partial charge is 0.347 e. The van der Waals surface area contributed by atoms with Crippen LogP contribution in [0.25, 0.3) is 11.1 Å². The van der Waals surface area contributed by atoms with Crippen LogP contribution in [0.2, 0.25) is 0 Å². The van der Waals surface area contributed by atoms with E-state index in [0.29, 0.717) is 23.4 Å². The van der Waals surface area contributed by atoms with Crippen LogP contribution in [0.5, 0.6) is 5.75 Å². The molecule has 25 heavy (non-hydrogen) atoms. The molecule has 1 atom stereocenters. The molecule has 0 fully saturated rings. The van der Waals surface area contributed by atoms with Gasteiger partial charge in [-0.2, -0.15) is 5.26 Å². The number of esters is 1. The summed E-state index contributed by atoms with van der Waals surface area (Å²) in [5, 5.41) is 8.87. The molecule has 2 aromatic rings. The Bertz CT molecular complexity index is 764.